The molecule has 1 rings (SSSR count). The van der Waals surface area contributed by atoms with Crippen LogP contribution in [0.2, 0.25) is 0 Å². The summed E-state index contributed by atoms with van der Waals surface area (Å²) >= 11 is 0. The first-order valence-electron chi connectivity index (χ1n) is 5.45. The van der Waals surface area contributed by atoms with E-state index < -0.39 is 5.91 Å². The van der Waals surface area contributed by atoms with E-state index in [1.807, 2.05) is 6.92 Å². The van der Waals surface area contributed by atoms with Crippen molar-refractivity contribution in [3.63, 3.8) is 0 Å². The lowest BCUT2D eigenvalue weighted by molar-refractivity contribution is -0.117. The Morgan fingerprint density at radius 1 is 1.53 bits per heavy atom. The normalized spacial score (nSPS) is 10.7. The number of hydrogen-bond donors (Lipinski definition) is 1. The molecule has 0 radical (unpaired) electrons. The Morgan fingerprint density at radius 2 is 2.29 bits per heavy atom. The smallest absolute Gasteiger partial charge is 0.223 e. The average Bonchev–Trinajstić information content (AvgIpc) is 2.62. The lowest BCUT2D eigenvalue weighted by Gasteiger charge is -2.06. The monoisotopic (exact) mass is 242 g/mol. The van der Waals surface area contributed by atoms with Crippen LogP contribution in [0.3, 0.4) is 0 Å². The van der Waals surface area contributed by atoms with Crippen LogP contribution in [-0.4, -0.2) is 41.2 Å². The van der Waals surface area contributed by atoms with Gasteiger partial charge in [-0.15, -0.1) is 5.10 Å². The molecule has 1 heterocycles. The van der Waals surface area contributed by atoms with E-state index in [0.717, 1.165) is 5.69 Å². The van der Waals surface area contributed by atoms with E-state index in [-0.39, 0.29) is 6.42 Å². The van der Waals surface area contributed by atoms with E-state index in [4.69, 9.17) is 15.2 Å². The summed E-state index contributed by atoms with van der Waals surface area (Å²) in [6, 6.07) is 0. The van der Waals surface area contributed by atoms with Gasteiger partial charge in [-0.05, 0) is 6.92 Å². The van der Waals surface area contributed by atoms with Crippen LogP contribution in [0.5, 0.6) is 0 Å². The highest BCUT2D eigenvalue weighted by atomic mass is 16.5. The minimum absolute atomic E-state index is 0.0767. The lowest BCUT2D eigenvalue weighted by Crippen LogP contribution is -2.16. The lowest BCUT2D eigenvalue weighted by atomic mass is 10.2. The number of primary amides is 1. The van der Waals surface area contributed by atoms with Crippen molar-refractivity contribution in [1.82, 2.24) is 15.0 Å². The highest BCUT2D eigenvalue weighted by molar-refractivity contribution is 5.76. The fourth-order valence-corrected chi connectivity index (χ4v) is 1.44. The molecule has 1 aromatic rings. The van der Waals surface area contributed by atoms with Crippen molar-refractivity contribution in [2.45, 2.75) is 26.5 Å². The third-order valence-electron chi connectivity index (χ3n) is 2.19. The van der Waals surface area contributed by atoms with E-state index in [9.17, 15) is 4.79 Å². The van der Waals surface area contributed by atoms with Gasteiger partial charge in [-0.1, -0.05) is 5.21 Å². The number of amides is 1. The largest absolute Gasteiger partial charge is 0.380 e. The fourth-order valence-electron chi connectivity index (χ4n) is 1.44. The van der Waals surface area contributed by atoms with Gasteiger partial charge in [-0.3, -0.25) is 4.79 Å². The van der Waals surface area contributed by atoms with Gasteiger partial charge in [-0.25, -0.2) is 4.68 Å². The van der Waals surface area contributed by atoms with Gasteiger partial charge >= 0.3 is 0 Å². The summed E-state index contributed by atoms with van der Waals surface area (Å²) in [5.74, 6) is -0.431. The van der Waals surface area contributed by atoms with Crippen molar-refractivity contribution < 1.29 is 14.3 Å². The van der Waals surface area contributed by atoms with Crippen molar-refractivity contribution in [3.05, 3.63) is 11.4 Å². The minimum Gasteiger partial charge on any atom is -0.380 e. The van der Waals surface area contributed by atoms with Crippen molar-refractivity contribution in [2.24, 2.45) is 5.73 Å². The second-order valence-electron chi connectivity index (χ2n) is 3.48. The summed E-state index contributed by atoms with van der Waals surface area (Å²) in [6.45, 7) is 4.06. The van der Waals surface area contributed by atoms with Crippen LogP contribution < -0.4 is 5.73 Å². The molecule has 0 atom stereocenters. The molecule has 0 fully saturated rings. The maximum Gasteiger partial charge on any atom is 0.223 e. The minimum atomic E-state index is -0.431. The molecule has 0 bridgehead atoms. The van der Waals surface area contributed by atoms with Gasteiger partial charge in [-0.2, -0.15) is 0 Å². The first kappa shape index (κ1) is 13.6. The van der Waals surface area contributed by atoms with Crippen molar-refractivity contribution in [2.75, 3.05) is 20.3 Å². The maximum atomic E-state index is 10.9. The zero-order chi connectivity index (χ0) is 12.7. The zero-order valence-electron chi connectivity index (χ0n) is 10.2. The molecule has 0 aliphatic heterocycles. The van der Waals surface area contributed by atoms with Crippen LogP contribution in [0.1, 0.15) is 18.3 Å². The van der Waals surface area contributed by atoms with Gasteiger partial charge in [0.15, 0.2) is 0 Å². The highest BCUT2D eigenvalue weighted by Crippen LogP contribution is 2.07. The molecular weight excluding hydrogens is 224 g/mol. The first-order valence-corrected chi connectivity index (χ1v) is 5.45. The predicted octanol–water partition coefficient (Wildman–Crippen LogP) is -0.511. The molecule has 2 N–H and O–H groups in total. The molecule has 0 aliphatic carbocycles. The number of hydrogen-bond acceptors (Lipinski definition) is 5. The van der Waals surface area contributed by atoms with Gasteiger partial charge in [0.25, 0.3) is 0 Å². The van der Waals surface area contributed by atoms with Gasteiger partial charge in [0.1, 0.15) is 0 Å². The molecule has 0 saturated carbocycles. The first-order chi connectivity index (χ1) is 8.19. The molecule has 96 valence electrons. The highest BCUT2D eigenvalue weighted by Gasteiger charge is 2.14. The van der Waals surface area contributed by atoms with Crippen LogP contribution >= 0.6 is 0 Å². The molecule has 0 aromatic carbocycles. The third-order valence-corrected chi connectivity index (χ3v) is 2.19. The average molecular weight is 242 g/mol. The van der Waals surface area contributed by atoms with Gasteiger partial charge < -0.3 is 15.2 Å². The second-order valence-corrected chi connectivity index (χ2v) is 3.48. The van der Waals surface area contributed by atoms with E-state index >= 15 is 0 Å². The maximum absolute atomic E-state index is 10.9. The topological polar surface area (TPSA) is 92.3 Å². The molecule has 1 aromatic heterocycles. The van der Waals surface area contributed by atoms with Gasteiger partial charge in [0.05, 0.1) is 37.6 Å². The Balaban J connectivity index is 2.74. The molecule has 0 aliphatic rings. The third kappa shape index (κ3) is 4.12. The molecule has 0 saturated heterocycles. The van der Waals surface area contributed by atoms with Crippen LogP contribution in [-0.2, 0) is 33.8 Å². The number of rotatable bonds is 8. The fraction of sp³-hybridized carbons (Fsp3) is 0.700. The molecule has 0 unspecified atom stereocenters. The summed E-state index contributed by atoms with van der Waals surface area (Å²) in [5, 5.41) is 7.89. The van der Waals surface area contributed by atoms with E-state index in [2.05, 4.69) is 10.3 Å². The summed E-state index contributed by atoms with van der Waals surface area (Å²) in [6.07, 6.45) is 0.0767. The molecule has 7 heteroatoms. The number of carbonyl (C=O) groups is 1. The Kier molecular flexibility index (Phi) is 5.58. The van der Waals surface area contributed by atoms with E-state index in [1.54, 1.807) is 11.8 Å². The van der Waals surface area contributed by atoms with Gasteiger partial charge in [0.2, 0.25) is 5.91 Å². The predicted molar refractivity (Wildman–Crippen MR) is 60.1 cm³/mol. The van der Waals surface area contributed by atoms with E-state index in [0.29, 0.717) is 32.1 Å². The Labute approximate surface area is 99.9 Å². The van der Waals surface area contributed by atoms with E-state index in [1.165, 1.54) is 0 Å². The molecule has 1 amide bonds. The van der Waals surface area contributed by atoms with Crippen LogP contribution in [0.15, 0.2) is 0 Å². The Bertz CT molecular complexity index is 364. The van der Waals surface area contributed by atoms with Crippen molar-refractivity contribution >= 4 is 5.91 Å². The van der Waals surface area contributed by atoms with Crippen LogP contribution in [0.25, 0.3) is 0 Å². The van der Waals surface area contributed by atoms with Crippen LogP contribution in [0, 0.1) is 0 Å². The van der Waals surface area contributed by atoms with Crippen molar-refractivity contribution in [1.29, 1.82) is 0 Å². The summed E-state index contributed by atoms with van der Waals surface area (Å²) in [4.78, 5) is 10.9. The number of ether oxygens (including phenoxy) is 2. The van der Waals surface area contributed by atoms with Crippen molar-refractivity contribution in [3.8, 4) is 0 Å². The molecule has 17 heavy (non-hydrogen) atoms. The Morgan fingerprint density at radius 3 is 2.88 bits per heavy atom. The van der Waals surface area contributed by atoms with Gasteiger partial charge in [0, 0.05) is 13.7 Å². The molecular formula is C10H18N4O3. The summed E-state index contributed by atoms with van der Waals surface area (Å²) in [7, 11) is 1.58. The molecule has 0 spiro atoms. The van der Waals surface area contributed by atoms with Crippen LogP contribution in [0.4, 0.5) is 0 Å². The number of nitrogens with two attached hydrogens (primary N) is 1. The summed E-state index contributed by atoms with van der Waals surface area (Å²) < 4.78 is 12.0. The summed E-state index contributed by atoms with van der Waals surface area (Å²) in [5.41, 5.74) is 6.47. The second kappa shape index (κ2) is 6.97. The standard InChI is InChI=1S/C10H18N4O3/c1-3-17-5-4-14-9(7-16-2)8(12-13-14)6-10(11)15/h3-7H2,1-2H3,(H2,11,15). The number of carbonyl (C=O) groups excluding carboxylic acids is 1. The Hall–Kier alpha value is -1.47. The quantitative estimate of drug-likeness (QED) is 0.620. The molecule has 7 nitrogen and oxygen atoms in total. The number of nitrogens with zero attached hydrogens (tertiary/aromatic N) is 3. The number of methoxy groups -OCH3 is 1. The number of aromatic nitrogens is 3. The zero-order valence-corrected chi connectivity index (χ0v) is 10.2. The SMILES string of the molecule is CCOCCn1nnc(CC(N)=O)c1COC.